The maximum absolute atomic E-state index is 12.2. The third-order valence-electron chi connectivity index (χ3n) is 3.43. The molecule has 0 aliphatic heterocycles. The maximum Gasteiger partial charge on any atom is 0.421 e. The smallest absolute Gasteiger partial charge is 0.421 e. The number of benzene rings is 1. The van der Waals surface area contributed by atoms with Gasteiger partial charge in [0.15, 0.2) is 0 Å². The number of methoxy groups -OCH3 is 1. The van der Waals surface area contributed by atoms with E-state index in [0.29, 0.717) is 10.1 Å². The number of amides is 1. The van der Waals surface area contributed by atoms with Crippen LogP contribution in [-0.4, -0.2) is 28.7 Å². The first-order valence-corrected chi connectivity index (χ1v) is 7.32. The molecule has 1 aromatic heterocycles. The lowest BCUT2D eigenvalue weighted by Gasteiger charge is -2.19. The van der Waals surface area contributed by atoms with E-state index in [-0.39, 0.29) is 11.2 Å². The molecule has 0 atom stereocenters. The molecule has 0 fully saturated rings. The van der Waals surface area contributed by atoms with Crippen molar-refractivity contribution in [3.63, 3.8) is 0 Å². The van der Waals surface area contributed by atoms with Crippen LogP contribution in [0.15, 0.2) is 41.3 Å². The molecule has 1 heterocycles. The molecule has 126 valence electrons. The summed E-state index contributed by atoms with van der Waals surface area (Å²) < 4.78 is 5.14. The van der Waals surface area contributed by atoms with E-state index in [0.717, 1.165) is 12.7 Å². The fraction of sp³-hybridized carbons (Fsp3) is 0.294. The summed E-state index contributed by atoms with van der Waals surface area (Å²) in [6.45, 7) is 6.26. The molecule has 0 radical (unpaired) electrons. The summed E-state index contributed by atoms with van der Waals surface area (Å²) >= 11 is 0. The average molecular weight is 329 g/mol. The SMILES string of the molecule is COC(=O)n1ccc(NC(=O)c2ccc(C(C)(C)C)cc2)nc1=O. The van der Waals surface area contributed by atoms with Crippen molar-refractivity contribution in [1.29, 1.82) is 0 Å². The predicted octanol–water partition coefficient (Wildman–Crippen LogP) is 2.41. The molecule has 2 rings (SSSR count). The number of nitrogens with one attached hydrogen (secondary N) is 1. The minimum absolute atomic E-state index is 0.00500. The first-order chi connectivity index (χ1) is 11.2. The van der Waals surface area contributed by atoms with Crippen LogP contribution in [-0.2, 0) is 10.2 Å². The number of anilines is 1. The monoisotopic (exact) mass is 329 g/mol. The third kappa shape index (κ3) is 3.87. The molecule has 0 bridgehead atoms. The Labute approximate surface area is 139 Å². The van der Waals surface area contributed by atoms with Gasteiger partial charge in [-0.3, -0.25) is 4.79 Å². The molecule has 1 aromatic carbocycles. The zero-order chi connectivity index (χ0) is 17.9. The third-order valence-corrected chi connectivity index (χ3v) is 3.43. The lowest BCUT2D eigenvalue weighted by Crippen LogP contribution is -2.29. The van der Waals surface area contributed by atoms with Gasteiger partial charge in [-0.15, -0.1) is 0 Å². The second-order valence-corrected chi connectivity index (χ2v) is 6.22. The highest BCUT2D eigenvalue weighted by Gasteiger charge is 2.15. The Balaban J connectivity index is 2.16. The van der Waals surface area contributed by atoms with Gasteiger partial charge >= 0.3 is 11.8 Å². The van der Waals surface area contributed by atoms with Crippen LogP contribution in [0.5, 0.6) is 0 Å². The van der Waals surface area contributed by atoms with E-state index >= 15 is 0 Å². The fourth-order valence-electron chi connectivity index (χ4n) is 2.02. The van der Waals surface area contributed by atoms with Crippen LogP contribution in [0, 0.1) is 0 Å². The van der Waals surface area contributed by atoms with Gasteiger partial charge in [0, 0.05) is 11.8 Å². The minimum Gasteiger partial charge on any atom is -0.452 e. The van der Waals surface area contributed by atoms with Crippen LogP contribution < -0.4 is 11.0 Å². The second-order valence-electron chi connectivity index (χ2n) is 6.22. The van der Waals surface area contributed by atoms with E-state index < -0.39 is 17.7 Å². The van der Waals surface area contributed by atoms with E-state index in [1.165, 1.54) is 12.3 Å². The Morgan fingerprint density at radius 2 is 1.75 bits per heavy atom. The Kier molecular flexibility index (Phi) is 4.82. The summed E-state index contributed by atoms with van der Waals surface area (Å²) in [5, 5.41) is 2.53. The van der Waals surface area contributed by atoms with E-state index in [4.69, 9.17) is 0 Å². The summed E-state index contributed by atoms with van der Waals surface area (Å²) in [6.07, 6.45) is 0.350. The number of carbonyl (C=O) groups excluding carboxylic acids is 2. The molecule has 0 unspecified atom stereocenters. The Bertz CT molecular complexity index is 817. The Morgan fingerprint density at radius 3 is 2.25 bits per heavy atom. The molecule has 24 heavy (non-hydrogen) atoms. The lowest BCUT2D eigenvalue weighted by molar-refractivity contribution is 0.102. The van der Waals surface area contributed by atoms with E-state index in [2.05, 4.69) is 35.8 Å². The number of hydrogen-bond acceptors (Lipinski definition) is 5. The van der Waals surface area contributed by atoms with Crippen LogP contribution in [0.2, 0.25) is 0 Å². The van der Waals surface area contributed by atoms with Gasteiger partial charge in [0.25, 0.3) is 5.91 Å². The van der Waals surface area contributed by atoms with Crippen molar-refractivity contribution in [2.45, 2.75) is 26.2 Å². The highest BCUT2D eigenvalue weighted by molar-refractivity contribution is 6.03. The van der Waals surface area contributed by atoms with Gasteiger partial charge in [-0.25, -0.2) is 14.2 Å². The molecular formula is C17H19N3O4. The molecule has 0 saturated heterocycles. The topological polar surface area (TPSA) is 90.3 Å². The predicted molar refractivity (Wildman–Crippen MR) is 89.4 cm³/mol. The van der Waals surface area contributed by atoms with Crippen LogP contribution in [0.3, 0.4) is 0 Å². The molecule has 0 aliphatic rings. The maximum atomic E-state index is 12.2. The number of carbonyl (C=O) groups is 2. The quantitative estimate of drug-likeness (QED) is 0.913. The van der Waals surface area contributed by atoms with Gasteiger partial charge in [-0.2, -0.15) is 4.98 Å². The summed E-state index contributed by atoms with van der Waals surface area (Å²) in [5.74, 6) is -0.330. The molecule has 7 heteroatoms. The minimum atomic E-state index is -0.844. The fourth-order valence-corrected chi connectivity index (χ4v) is 2.02. The molecule has 7 nitrogen and oxygen atoms in total. The molecular weight excluding hydrogens is 310 g/mol. The zero-order valence-electron chi connectivity index (χ0n) is 14.0. The van der Waals surface area contributed by atoms with Crippen LogP contribution >= 0.6 is 0 Å². The normalized spacial score (nSPS) is 11.0. The summed E-state index contributed by atoms with van der Waals surface area (Å²) in [6, 6.07) is 8.55. The van der Waals surface area contributed by atoms with Crippen LogP contribution in [0.4, 0.5) is 10.6 Å². The van der Waals surface area contributed by atoms with Gasteiger partial charge in [0.1, 0.15) is 5.82 Å². The molecule has 2 aromatic rings. The largest absolute Gasteiger partial charge is 0.452 e. The number of nitrogens with zero attached hydrogens (tertiary/aromatic N) is 2. The summed E-state index contributed by atoms with van der Waals surface area (Å²) in [4.78, 5) is 38.9. The van der Waals surface area contributed by atoms with Crippen molar-refractivity contribution in [2.75, 3.05) is 12.4 Å². The van der Waals surface area contributed by atoms with Crippen molar-refractivity contribution in [3.05, 3.63) is 58.1 Å². The van der Waals surface area contributed by atoms with Crippen LogP contribution in [0.25, 0.3) is 0 Å². The second kappa shape index (κ2) is 6.66. The number of aromatic nitrogens is 2. The lowest BCUT2D eigenvalue weighted by atomic mass is 9.87. The first kappa shape index (κ1) is 17.4. The van der Waals surface area contributed by atoms with Gasteiger partial charge in [-0.1, -0.05) is 32.9 Å². The molecule has 1 N–H and O–H groups in total. The van der Waals surface area contributed by atoms with Crippen molar-refractivity contribution in [1.82, 2.24) is 9.55 Å². The highest BCUT2D eigenvalue weighted by Crippen LogP contribution is 2.22. The van der Waals surface area contributed by atoms with Crippen molar-refractivity contribution in [2.24, 2.45) is 0 Å². The van der Waals surface area contributed by atoms with Gasteiger partial charge in [0.05, 0.1) is 7.11 Å². The van der Waals surface area contributed by atoms with Crippen molar-refractivity contribution in [3.8, 4) is 0 Å². The number of ether oxygens (including phenoxy) is 1. The molecule has 1 amide bonds. The zero-order valence-corrected chi connectivity index (χ0v) is 14.0. The number of rotatable bonds is 2. The van der Waals surface area contributed by atoms with Crippen LogP contribution in [0.1, 0.15) is 36.7 Å². The molecule has 0 saturated carbocycles. The Morgan fingerprint density at radius 1 is 1.12 bits per heavy atom. The van der Waals surface area contributed by atoms with Gasteiger partial charge in [0.2, 0.25) is 0 Å². The molecule has 0 aliphatic carbocycles. The van der Waals surface area contributed by atoms with Gasteiger partial charge in [-0.05, 0) is 29.2 Å². The van der Waals surface area contributed by atoms with E-state index in [9.17, 15) is 14.4 Å². The number of hydrogen-bond donors (Lipinski definition) is 1. The van der Waals surface area contributed by atoms with Gasteiger partial charge < -0.3 is 10.1 Å². The average Bonchev–Trinajstić information content (AvgIpc) is 2.53. The summed E-state index contributed by atoms with van der Waals surface area (Å²) in [7, 11) is 1.16. The van der Waals surface area contributed by atoms with Crippen molar-refractivity contribution < 1.29 is 14.3 Å². The standard InChI is InChI=1S/C17H19N3O4/c1-17(2,3)12-7-5-11(6-8-12)14(21)18-13-9-10-20(15(22)19-13)16(23)24-4/h5-10H,1-4H3,(H,18,19,21,22). The highest BCUT2D eigenvalue weighted by atomic mass is 16.5. The molecule has 0 spiro atoms. The van der Waals surface area contributed by atoms with E-state index in [1.807, 2.05) is 12.1 Å². The van der Waals surface area contributed by atoms with Crippen molar-refractivity contribution >= 4 is 17.8 Å². The van der Waals surface area contributed by atoms with E-state index in [1.54, 1.807) is 12.1 Å². The Hall–Kier alpha value is -2.96. The first-order valence-electron chi connectivity index (χ1n) is 7.32. The summed E-state index contributed by atoms with van der Waals surface area (Å²) in [5.41, 5.74) is 0.720.